The van der Waals surface area contributed by atoms with E-state index < -0.39 is 28.1 Å². The van der Waals surface area contributed by atoms with E-state index in [1.54, 1.807) is 0 Å². The van der Waals surface area contributed by atoms with Gasteiger partial charge in [0.25, 0.3) is 0 Å². The van der Waals surface area contributed by atoms with Gasteiger partial charge in [0.1, 0.15) is 12.2 Å². The smallest absolute Gasteiger partial charge is 0.339 e. The first-order valence-electron chi connectivity index (χ1n) is 5.71. The van der Waals surface area contributed by atoms with Crippen LogP contribution in [0.4, 0.5) is 10.1 Å². The molecule has 0 aliphatic carbocycles. The summed E-state index contributed by atoms with van der Waals surface area (Å²) in [5.41, 5.74) is -0.481. The molecule has 0 amide bonds. The molecule has 110 valence electrons. The normalized spacial score (nSPS) is 10.4. The Kier molecular flexibility index (Phi) is 3.83. The number of nitrogens with zero attached hydrogens (tertiary/aromatic N) is 3. The molecule has 2 rings (SSSR count). The van der Waals surface area contributed by atoms with Crippen LogP contribution in [0.15, 0.2) is 24.4 Å². The number of aryl methyl sites for hydroxylation is 1. The molecule has 1 aromatic carbocycles. The molecule has 0 spiro atoms. The molecule has 0 atom stereocenters. The number of nitro benzene ring substituents is 1. The second-order valence-electron chi connectivity index (χ2n) is 4.07. The molecule has 0 aliphatic heterocycles. The molecule has 0 fully saturated rings. The molecule has 2 aromatic rings. The maximum Gasteiger partial charge on any atom is 0.339 e. The van der Waals surface area contributed by atoms with Crippen LogP contribution in [0, 0.1) is 15.9 Å². The van der Waals surface area contributed by atoms with E-state index in [9.17, 15) is 19.3 Å². The molecule has 0 saturated carbocycles. The summed E-state index contributed by atoms with van der Waals surface area (Å²) < 4.78 is 20.0. The molecular formula is C12H10FN3O5. The zero-order valence-electron chi connectivity index (χ0n) is 10.8. The summed E-state index contributed by atoms with van der Waals surface area (Å²) in [6, 6.07) is 3.30. The van der Waals surface area contributed by atoms with Gasteiger partial charge in [0.15, 0.2) is 5.82 Å². The minimum atomic E-state index is -1.22. The highest BCUT2D eigenvalue weighted by Crippen LogP contribution is 2.30. The van der Waals surface area contributed by atoms with E-state index in [4.69, 9.17) is 9.84 Å². The first kappa shape index (κ1) is 14.4. The molecule has 0 radical (unpaired) electrons. The summed E-state index contributed by atoms with van der Waals surface area (Å²) >= 11 is 0. The third kappa shape index (κ3) is 2.81. The van der Waals surface area contributed by atoms with E-state index in [-0.39, 0.29) is 17.9 Å². The molecule has 1 N–H and O–H groups in total. The molecule has 9 heteroatoms. The standard InChI is InChI=1S/C12H10FN3O5/c1-15-10(7(5-14-15)12(17)18)6-21-11-8(13)3-2-4-9(11)16(19)20/h2-5H,6H2,1H3,(H,17,18). The van der Waals surface area contributed by atoms with Crippen molar-refractivity contribution in [2.45, 2.75) is 6.61 Å². The van der Waals surface area contributed by atoms with Gasteiger partial charge < -0.3 is 9.84 Å². The van der Waals surface area contributed by atoms with Crippen LogP contribution < -0.4 is 4.74 Å². The molecule has 0 unspecified atom stereocenters. The number of carbonyl (C=O) groups is 1. The lowest BCUT2D eigenvalue weighted by molar-refractivity contribution is -0.386. The van der Waals surface area contributed by atoms with Gasteiger partial charge in [-0.1, -0.05) is 6.07 Å². The van der Waals surface area contributed by atoms with Crippen LogP contribution in [0.2, 0.25) is 0 Å². The highest BCUT2D eigenvalue weighted by atomic mass is 19.1. The predicted molar refractivity (Wildman–Crippen MR) is 67.6 cm³/mol. The van der Waals surface area contributed by atoms with Crippen LogP contribution in [-0.4, -0.2) is 25.8 Å². The fraction of sp³-hybridized carbons (Fsp3) is 0.167. The van der Waals surface area contributed by atoms with Gasteiger partial charge in [0.2, 0.25) is 5.75 Å². The Hall–Kier alpha value is -2.97. The molecule has 1 heterocycles. The zero-order valence-corrected chi connectivity index (χ0v) is 10.8. The van der Waals surface area contributed by atoms with Gasteiger partial charge in [-0.05, 0) is 6.07 Å². The highest BCUT2D eigenvalue weighted by molar-refractivity contribution is 5.88. The number of para-hydroxylation sites is 1. The van der Waals surface area contributed by atoms with Crippen molar-refractivity contribution >= 4 is 11.7 Å². The van der Waals surface area contributed by atoms with Crippen LogP contribution in [0.1, 0.15) is 16.1 Å². The summed E-state index contributed by atoms with van der Waals surface area (Å²) in [5, 5.41) is 23.6. The first-order chi connectivity index (χ1) is 9.91. The van der Waals surface area contributed by atoms with E-state index in [0.717, 1.165) is 18.3 Å². The SMILES string of the molecule is Cn1ncc(C(=O)O)c1COc1c(F)cccc1[N+](=O)[O-]. The van der Waals surface area contributed by atoms with Crippen molar-refractivity contribution < 1.29 is 24.0 Å². The summed E-state index contributed by atoms with van der Waals surface area (Å²) in [6.07, 6.45) is 1.12. The van der Waals surface area contributed by atoms with Crippen LogP contribution in [0.5, 0.6) is 5.75 Å². The van der Waals surface area contributed by atoms with Crippen molar-refractivity contribution in [1.82, 2.24) is 9.78 Å². The van der Waals surface area contributed by atoms with Crippen molar-refractivity contribution in [2.75, 3.05) is 0 Å². The highest BCUT2D eigenvalue weighted by Gasteiger charge is 2.22. The minimum Gasteiger partial charge on any atom is -0.478 e. The monoisotopic (exact) mass is 295 g/mol. The summed E-state index contributed by atoms with van der Waals surface area (Å²) in [6.45, 7) is -0.361. The van der Waals surface area contributed by atoms with Crippen LogP contribution in [0.3, 0.4) is 0 Å². The number of rotatable bonds is 5. The van der Waals surface area contributed by atoms with Gasteiger partial charge >= 0.3 is 11.7 Å². The number of aromatic carboxylic acids is 1. The van der Waals surface area contributed by atoms with Crippen LogP contribution >= 0.6 is 0 Å². The van der Waals surface area contributed by atoms with E-state index >= 15 is 0 Å². The van der Waals surface area contributed by atoms with Gasteiger partial charge in [0, 0.05) is 13.1 Å². The maximum atomic E-state index is 13.6. The Morgan fingerprint density at radius 3 is 2.90 bits per heavy atom. The number of ether oxygens (including phenoxy) is 1. The lowest BCUT2D eigenvalue weighted by Gasteiger charge is -2.08. The van der Waals surface area contributed by atoms with Gasteiger partial charge in [0.05, 0.1) is 16.8 Å². The summed E-state index contributed by atoms with van der Waals surface area (Å²) in [4.78, 5) is 21.0. The third-order valence-corrected chi connectivity index (χ3v) is 2.79. The number of carboxylic acids is 1. The Labute approximate surface area is 117 Å². The van der Waals surface area contributed by atoms with E-state index in [1.807, 2.05) is 0 Å². The molecule has 0 saturated heterocycles. The van der Waals surface area contributed by atoms with Crippen molar-refractivity contribution in [3.05, 3.63) is 51.6 Å². The van der Waals surface area contributed by atoms with E-state index in [0.29, 0.717) is 0 Å². The van der Waals surface area contributed by atoms with Crippen molar-refractivity contribution in [1.29, 1.82) is 0 Å². The van der Waals surface area contributed by atoms with Gasteiger partial charge in [-0.25, -0.2) is 9.18 Å². The fourth-order valence-corrected chi connectivity index (χ4v) is 1.74. The average molecular weight is 295 g/mol. The van der Waals surface area contributed by atoms with E-state index in [1.165, 1.54) is 17.8 Å². The van der Waals surface area contributed by atoms with Gasteiger partial charge in [-0.2, -0.15) is 5.10 Å². The number of nitro groups is 1. The van der Waals surface area contributed by atoms with Crippen molar-refractivity contribution in [3.8, 4) is 5.75 Å². The van der Waals surface area contributed by atoms with Gasteiger partial charge in [-0.15, -0.1) is 0 Å². The quantitative estimate of drug-likeness (QED) is 0.665. The molecule has 0 aliphatic rings. The van der Waals surface area contributed by atoms with Crippen LogP contribution in [0.25, 0.3) is 0 Å². The first-order valence-corrected chi connectivity index (χ1v) is 5.71. The fourth-order valence-electron chi connectivity index (χ4n) is 1.74. The second kappa shape index (κ2) is 5.57. The van der Waals surface area contributed by atoms with Gasteiger partial charge in [-0.3, -0.25) is 14.8 Å². The lowest BCUT2D eigenvalue weighted by Crippen LogP contribution is -2.09. The van der Waals surface area contributed by atoms with Crippen molar-refractivity contribution in [3.63, 3.8) is 0 Å². The Morgan fingerprint density at radius 2 is 2.29 bits per heavy atom. The molecule has 1 aromatic heterocycles. The van der Waals surface area contributed by atoms with E-state index in [2.05, 4.69) is 5.10 Å². The molecular weight excluding hydrogens is 285 g/mol. The van der Waals surface area contributed by atoms with Crippen LogP contribution in [-0.2, 0) is 13.7 Å². The molecule has 0 bridgehead atoms. The zero-order chi connectivity index (χ0) is 15.6. The number of halogens is 1. The summed E-state index contributed by atoms with van der Waals surface area (Å²) in [7, 11) is 1.49. The number of aromatic nitrogens is 2. The maximum absolute atomic E-state index is 13.6. The topological polar surface area (TPSA) is 107 Å². The number of hydrogen-bond donors (Lipinski definition) is 1. The molecule has 8 nitrogen and oxygen atoms in total. The lowest BCUT2D eigenvalue weighted by atomic mass is 10.2. The summed E-state index contributed by atoms with van der Waals surface area (Å²) in [5.74, 6) is -2.66. The van der Waals surface area contributed by atoms with Crippen molar-refractivity contribution in [2.24, 2.45) is 7.05 Å². The Bertz CT molecular complexity index is 713. The Morgan fingerprint density at radius 1 is 1.57 bits per heavy atom. The largest absolute Gasteiger partial charge is 0.478 e. The second-order valence-corrected chi connectivity index (χ2v) is 4.07. The Balaban J connectivity index is 2.31. The number of hydrogen-bond acceptors (Lipinski definition) is 5. The number of carboxylic acid groups (broad SMARTS) is 1. The number of benzene rings is 1. The average Bonchev–Trinajstić information content (AvgIpc) is 2.78. The predicted octanol–water partition coefficient (Wildman–Crippen LogP) is 1.74. The molecule has 21 heavy (non-hydrogen) atoms. The third-order valence-electron chi connectivity index (χ3n) is 2.79. The minimum absolute atomic E-state index is 0.114.